The Labute approximate surface area is 68.1 Å². The summed E-state index contributed by atoms with van der Waals surface area (Å²) in [5.74, 6) is 0.495. The van der Waals surface area contributed by atoms with Crippen molar-refractivity contribution in [2.75, 3.05) is 7.11 Å². The summed E-state index contributed by atoms with van der Waals surface area (Å²) >= 11 is 0. The third-order valence-electron chi connectivity index (χ3n) is 2.03. The lowest BCUT2D eigenvalue weighted by Gasteiger charge is -2.18. The Morgan fingerprint density at radius 1 is 1.55 bits per heavy atom. The fourth-order valence-corrected chi connectivity index (χ4v) is 0.741. The van der Waals surface area contributed by atoms with E-state index < -0.39 is 0 Å². The van der Waals surface area contributed by atoms with Crippen molar-refractivity contribution < 1.29 is 9.53 Å². The van der Waals surface area contributed by atoms with Crippen molar-refractivity contribution in [1.82, 2.24) is 5.32 Å². The van der Waals surface area contributed by atoms with Gasteiger partial charge >= 0.3 is 6.09 Å². The quantitative estimate of drug-likeness (QED) is 0.681. The second-order valence-electron chi connectivity index (χ2n) is 2.81. The van der Waals surface area contributed by atoms with E-state index in [1.807, 2.05) is 6.92 Å². The summed E-state index contributed by atoms with van der Waals surface area (Å²) in [5, 5.41) is 2.72. The molecule has 3 nitrogen and oxygen atoms in total. The van der Waals surface area contributed by atoms with Crippen molar-refractivity contribution in [1.29, 1.82) is 0 Å². The largest absolute Gasteiger partial charge is 0.453 e. The maximum absolute atomic E-state index is 10.7. The van der Waals surface area contributed by atoms with Crippen LogP contribution >= 0.6 is 0 Å². The third kappa shape index (κ3) is 3.86. The van der Waals surface area contributed by atoms with Gasteiger partial charge in [0, 0.05) is 6.04 Å². The average molecular weight is 159 g/mol. The van der Waals surface area contributed by atoms with Gasteiger partial charge in [-0.15, -0.1) is 0 Å². The summed E-state index contributed by atoms with van der Waals surface area (Å²) in [5.41, 5.74) is 0. The second-order valence-corrected chi connectivity index (χ2v) is 2.81. The van der Waals surface area contributed by atoms with Gasteiger partial charge in [-0.3, -0.25) is 0 Å². The molecule has 3 heteroatoms. The van der Waals surface area contributed by atoms with E-state index in [1.165, 1.54) is 7.11 Å². The van der Waals surface area contributed by atoms with E-state index in [1.54, 1.807) is 0 Å². The molecule has 0 aliphatic heterocycles. The number of carbonyl (C=O) groups is 1. The fraction of sp³-hybridized carbons (Fsp3) is 0.875. The maximum Gasteiger partial charge on any atom is 0.407 e. The maximum atomic E-state index is 10.7. The molecule has 0 aliphatic rings. The summed E-state index contributed by atoms with van der Waals surface area (Å²) in [4.78, 5) is 10.7. The zero-order chi connectivity index (χ0) is 8.85. The van der Waals surface area contributed by atoms with Gasteiger partial charge in [0.1, 0.15) is 0 Å². The molecule has 0 unspecified atom stereocenters. The van der Waals surface area contributed by atoms with Crippen LogP contribution in [0.3, 0.4) is 0 Å². The summed E-state index contributed by atoms with van der Waals surface area (Å²) in [6.07, 6.45) is 0.711. The van der Waals surface area contributed by atoms with Crippen LogP contribution in [0.1, 0.15) is 27.2 Å². The van der Waals surface area contributed by atoms with E-state index in [0.29, 0.717) is 5.92 Å². The number of alkyl carbamates (subject to hydrolysis) is 1. The number of ether oxygens (including phenoxy) is 1. The zero-order valence-corrected chi connectivity index (χ0v) is 7.68. The number of methoxy groups -OCH3 is 1. The van der Waals surface area contributed by atoms with E-state index in [-0.39, 0.29) is 12.1 Å². The number of hydrogen-bond acceptors (Lipinski definition) is 2. The summed E-state index contributed by atoms with van der Waals surface area (Å²) in [6.45, 7) is 6.17. The molecule has 0 aromatic heterocycles. The first-order valence-corrected chi connectivity index (χ1v) is 3.96. The lowest BCUT2D eigenvalue weighted by atomic mass is 10.0. The van der Waals surface area contributed by atoms with Crippen LogP contribution in [-0.4, -0.2) is 19.2 Å². The standard InChI is InChI=1S/C8H17NO2/c1-5-6(2)7(3)9-8(10)11-4/h6-7H,5H2,1-4H3,(H,9,10)/t6-,7+/m0/s1. The minimum absolute atomic E-state index is 0.187. The topological polar surface area (TPSA) is 38.3 Å². The summed E-state index contributed by atoms with van der Waals surface area (Å²) in [7, 11) is 1.37. The van der Waals surface area contributed by atoms with Crippen LogP contribution in [0.15, 0.2) is 0 Å². The van der Waals surface area contributed by atoms with Gasteiger partial charge in [-0.25, -0.2) is 4.79 Å². The Kier molecular flexibility index (Phi) is 4.66. The van der Waals surface area contributed by atoms with Crippen LogP contribution < -0.4 is 5.32 Å². The van der Waals surface area contributed by atoms with Gasteiger partial charge in [0.2, 0.25) is 0 Å². The highest BCUT2D eigenvalue weighted by molar-refractivity contribution is 5.67. The number of carbonyl (C=O) groups excluding carboxylic acids is 1. The van der Waals surface area contributed by atoms with E-state index >= 15 is 0 Å². The Morgan fingerprint density at radius 3 is 2.45 bits per heavy atom. The Hall–Kier alpha value is -0.730. The fourth-order valence-electron chi connectivity index (χ4n) is 0.741. The highest BCUT2D eigenvalue weighted by Crippen LogP contribution is 2.06. The Balaban J connectivity index is 3.67. The predicted molar refractivity (Wildman–Crippen MR) is 44.5 cm³/mol. The first-order valence-electron chi connectivity index (χ1n) is 3.96. The predicted octanol–water partition coefficient (Wildman–Crippen LogP) is 1.78. The minimum Gasteiger partial charge on any atom is -0.453 e. The molecule has 0 aromatic rings. The molecule has 0 fully saturated rings. The Morgan fingerprint density at radius 2 is 2.09 bits per heavy atom. The van der Waals surface area contributed by atoms with Crippen molar-refractivity contribution in [3.8, 4) is 0 Å². The first-order chi connectivity index (χ1) is 5.11. The molecule has 0 rings (SSSR count). The molecule has 0 aromatic carbocycles. The molecule has 0 saturated carbocycles. The molecule has 0 saturated heterocycles. The van der Waals surface area contributed by atoms with Crippen molar-refractivity contribution in [3.63, 3.8) is 0 Å². The third-order valence-corrected chi connectivity index (χ3v) is 2.03. The molecule has 0 radical (unpaired) electrons. The molecule has 1 N–H and O–H groups in total. The average Bonchev–Trinajstić information content (AvgIpc) is 2.02. The molecular formula is C8H17NO2. The van der Waals surface area contributed by atoms with Crippen molar-refractivity contribution >= 4 is 6.09 Å². The van der Waals surface area contributed by atoms with Crippen molar-refractivity contribution in [2.24, 2.45) is 5.92 Å². The number of rotatable bonds is 3. The molecule has 1 amide bonds. The van der Waals surface area contributed by atoms with Crippen molar-refractivity contribution in [3.05, 3.63) is 0 Å². The van der Waals surface area contributed by atoms with Crippen molar-refractivity contribution in [2.45, 2.75) is 33.2 Å². The van der Waals surface area contributed by atoms with E-state index in [9.17, 15) is 4.79 Å². The van der Waals surface area contributed by atoms with Crippen LogP contribution in [0.4, 0.5) is 4.79 Å². The minimum atomic E-state index is -0.349. The van der Waals surface area contributed by atoms with E-state index in [0.717, 1.165) is 6.42 Å². The van der Waals surface area contributed by atoms with Crippen LogP contribution in [0.25, 0.3) is 0 Å². The molecule has 0 aliphatic carbocycles. The number of hydrogen-bond donors (Lipinski definition) is 1. The number of nitrogens with one attached hydrogen (secondary N) is 1. The summed E-state index contributed by atoms with van der Waals surface area (Å²) < 4.78 is 4.47. The molecule has 0 bridgehead atoms. The van der Waals surface area contributed by atoms with Crippen LogP contribution in [0, 0.1) is 5.92 Å². The van der Waals surface area contributed by atoms with Crippen LogP contribution in [0.2, 0.25) is 0 Å². The van der Waals surface area contributed by atoms with Crippen LogP contribution in [-0.2, 0) is 4.74 Å². The van der Waals surface area contributed by atoms with Gasteiger partial charge < -0.3 is 10.1 Å². The van der Waals surface area contributed by atoms with Gasteiger partial charge in [0.05, 0.1) is 7.11 Å². The summed E-state index contributed by atoms with van der Waals surface area (Å²) in [6, 6.07) is 0.187. The Bertz CT molecular complexity index is 125. The normalized spacial score (nSPS) is 15.3. The van der Waals surface area contributed by atoms with Gasteiger partial charge in [-0.1, -0.05) is 20.3 Å². The molecule has 11 heavy (non-hydrogen) atoms. The smallest absolute Gasteiger partial charge is 0.407 e. The molecule has 2 atom stereocenters. The van der Waals surface area contributed by atoms with Gasteiger partial charge in [0.25, 0.3) is 0 Å². The number of amides is 1. The highest BCUT2D eigenvalue weighted by atomic mass is 16.5. The van der Waals surface area contributed by atoms with E-state index in [2.05, 4.69) is 23.9 Å². The van der Waals surface area contributed by atoms with E-state index in [4.69, 9.17) is 0 Å². The molecule has 0 spiro atoms. The lowest BCUT2D eigenvalue weighted by Crippen LogP contribution is -2.36. The first kappa shape index (κ1) is 10.3. The lowest BCUT2D eigenvalue weighted by molar-refractivity contribution is 0.163. The SMILES string of the molecule is CC[C@H](C)[C@@H](C)NC(=O)OC. The molecular weight excluding hydrogens is 142 g/mol. The van der Waals surface area contributed by atoms with Gasteiger partial charge in [-0.2, -0.15) is 0 Å². The van der Waals surface area contributed by atoms with Gasteiger partial charge in [-0.05, 0) is 12.8 Å². The molecule has 0 heterocycles. The highest BCUT2D eigenvalue weighted by Gasteiger charge is 2.12. The molecule has 66 valence electrons. The van der Waals surface area contributed by atoms with Crippen LogP contribution in [0.5, 0.6) is 0 Å². The second kappa shape index (κ2) is 4.99. The monoisotopic (exact) mass is 159 g/mol. The van der Waals surface area contributed by atoms with Gasteiger partial charge in [0.15, 0.2) is 0 Å². The zero-order valence-electron chi connectivity index (χ0n) is 7.68.